The van der Waals surface area contributed by atoms with Gasteiger partial charge in [-0.3, -0.25) is 0 Å². The quantitative estimate of drug-likeness (QED) is 0.450. The van der Waals surface area contributed by atoms with Crippen molar-refractivity contribution in [2.24, 2.45) is 0 Å². The second kappa shape index (κ2) is 6.53. The van der Waals surface area contributed by atoms with Crippen molar-refractivity contribution in [3.05, 3.63) is 33.4 Å². The van der Waals surface area contributed by atoms with Crippen molar-refractivity contribution < 1.29 is 9.16 Å². The van der Waals surface area contributed by atoms with Crippen LogP contribution < -0.4 is 0 Å². The van der Waals surface area contributed by atoms with Crippen LogP contribution in [0.15, 0.2) is 24.3 Å². The van der Waals surface area contributed by atoms with E-state index in [1.165, 1.54) is 9.13 Å². The van der Waals surface area contributed by atoms with Gasteiger partial charge in [0.25, 0.3) is 0 Å². The van der Waals surface area contributed by atoms with Crippen LogP contribution in [0, 0.1) is 3.57 Å². The third kappa shape index (κ3) is 3.94. The molecule has 0 aromatic heterocycles. The maximum Gasteiger partial charge on any atom is 0.193 e. The first-order valence-electron chi connectivity index (χ1n) is 8.14. The number of halogens is 1. The zero-order valence-corrected chi connectivity index (χ0v) is 17.9. The maximum atomic E-state index is 7.00. The number of hydrogen-bond donors (Lipinski definition) is 0. The van der Waals surface area contributed by atoms with Crippen molar-refractivity contribution in [2.75, 3.05) is 6.61 Å². The fourth-order valence-corrected chi connectivity index (χ4v) is 5.01. The summed E-state index contributed by atoms with van der Waals surface area (Å²) in [6.07, 6.45) is 2.14. The molecular formula is C18H29IO2Si. The molecule has 1 aromatic rings. The van der Waals surface area contributed by atoms with Crippen molar-refractivity contribution in [1.29, 1.82) is 0 Å². The van der Waals surface area contributed by atoms with Gasteiger partial charge in [-0.05, 0) is 65.3 Å². The van der Waals surface area contributed by atoms with Crippen LogP contribution in [0.1, 0.15) is 46.1 Å². The molecule has 1 aromatic carbocycles. The summed E-state index contributed by atoms with van der Waals surface area (Å²) in [7, 11) is -1.85. The standard InChI is InChI=1S/C18H29IO2Si/c1-14-13-18(10-11-20-14,15-8-7-9-16(19)12-15)21-22(5,6)17(2,3)4/h7-9,12,14H,10-11,13H2,1-6H3/t14-,18+/m0/s1. The molecule has 0 amide bonds. The molecule has 124 valence electrons. The van der Waals surface area contributed by atoms with E-state index >= 15 is 0 Å². The molecule has 2 rings (SSSR count). The molecule has 2 atom stereocenters. The van der Waals surface area contributed by atoms with E-state index in [4.69, 9.17) is 9.16 Å². The summed E-state index contributed by atoms with van der Waals surface area (Å²) in [5, 5.41) is 0.212. The van der Waals surface area contributed by atoms with Gasteiger partial charge in [0, 0.05) is 23.0 Å². The number of hydrogen-bond acceptors (Lipinski definition) is 2. The van der Waals surface area contributed by atoms with Crippen molar-refractivity contribution in [3.8, 4) is 0 Å². The third-order valence-electron chi connectivity index (χ3n) is 5.13. The Labute approximate surface area is 150 Å². The normalized spacial score (nSPS) is 27.0. The lowest BCUT2D eigenvalue weighted by Gasteiger charge is -2.49. The molecule has 22 heavy (non-hydrogen) atoms. The predicted octanol–water partition coefficient (Wildman–Crippen LogP) is 5.71. The van der Waals surface area contributed by atoms with Gasteiger partial charge in [-0.15, -0.1) is 0 Å². The van der Waals surface area contributed by atoms with Crippen LogP contribution in [0.4, 0.5) is 0 Å². The molecule has 0 radical (unpaired) electrons. The lowest BCUT2D eigenvalue weighted by molar-refractivity contribution is -0.0931. The Morgan fingerprint density at radius 3 is 2.55 bits per heavy atom. The minimum Gasteiger partial charge on any atom is -0.407 e. The van der Waals surface area contributed by atoms with E-state index in [-0.39, 0.29) is 16.7 Å². The van der Waals surface area contributed by atoms with Crippen LogP contribution in [0.2, 0.25) is 18.1 Å². The topological polar surface area (TPSA) is 18.5 Å². The van der Waals surface area contributed by atoms with Crippen molar-refractivity contribution >= 4 is 30.9 Å². The first kappa shape index (κ1) is 18.4. The second-order valence-corrected chi connectivity index (χ2v) is 14.0. The van der Waals surface area contributed by atoms with Gasteiger partial charge in [0.15, 0.2) is 8.32 Å². The van der Waals surface area contributed by atoms with Gasteiger partial charge < -0.3 is 9.16 Å². The van der Waals surface area contributed by atoms with Gasteiger partial charge in [-0.2, -0.15) is 0 Å². The summed E-state index contributed by atoms with van der Waals surface area (Å²) < 4.78 is 14.1. The fraction of sp³-hybridized carbons (Fsp3) is 0.667. The summed E-state index contributed by atoms with van der Waals surface area (Å²) in [4.78, 5) is 0. The van der Waals surface area contributed by atoms with Gasteiger partial charge in [0.1, 0.15) is 0 Å². The van der Waals surface area contributed by atoms with Gasteiger partial charge in [0.2, 0.25) is 0 Å². The Bertz CT molecular complexity index is 524. The van der Waals surface area contributed by atoms with Crippen LogP contribution in [0.3, 0.4) is 0 Å². The second-order valence-electron chi connectivity index (χ2n) is 8.00. The molecular weight excluding hydrogens is 403 g/mol. The first-order chi connectivity index (χ1) is 10.1. The number of benzene rings is 1. The largest absolute Gasteiger partial charge is 0.407 e. The number of ether oxygens (including phenoxy) is 1. The molecule has 0 N–H and O–H groups in total. The zero-order chi connectivity index (χ0) is 16.6. The molecule has 0 spiro atoms. The maximum absolute atomic E-state index is 7.00. The molecule has 2 nitrogen and oxygen atoms in total. The molecule has 0 aliphatic carbocycles. The van der Waals surface area contributed by atoms with Crippen LogP contribution in [-0.2, 0) is 14.8 Å². The molecule has 1 aliphatic heterocycles. The monoisotopic (exact) mass is 432 g/mol. The Balaban J connectivity index is 2.43. The Hall–Kier alpha value is 0.0869. The van der Waals surface area contributed by atoms with E-state index in [0.717, 1.165) is 19.4 Å². The summed E-state index contributed by atoms with van der Waals surface area (Å²) in [5.74, 6) is 0. The van der Waals surface area contributed by atoms with Crippen molar-refractivity contribution in [2.45, 2.75) is 70.4 Å². The lowest BCUT2D eigenvalue weighted by atomic mass is 9.84. The first-order valence-corrected chi connectivity index (χ1v) is 12.1. The highest BCUT2D eigenvalue weighted by atomic mass is 127. The number of rotatable bonds is 3. The minimum absolute atomic E-state index is 0.193. The fourth-order valence-electron chi connectivity index (χ4n) is 2.88. The van der Waals surface area contributed by atoms with Crippen LogP contribution >= 0.6 is 22.6 Å². The molecule has 1 saturated heterocycles. The van der Waals surface area contributed by atoms with Gasteiger partial charge in [-0.1, -0.05) is 32.9 Å². The molecule has 0 unspecified atom stereocenters. The van der Waals surface area contributed by atoms with Crippen LogP contribution in [-0.4, -0.2) is 21.0 Å². The van der Waals surface area contributed by atoms with Crippen LogP contribution in [0.5, 0.6) is 0 Å². The summed E-state index contributed by atoms with van der Waals surface area (Å²) in [6, 6.07) is 8.81. The summed E-state index contributed by atoms with van der Waals surface area (Å²) in [5.41, 5.74) is 1.13. The van der Waals surface area contributed by atoms with E-state index in [1.54, 1.807) is 0 Å². The highest BCUT2D eigenvalue weighted by Gasteiger charge is 2.47. The van der Waals surface area contributed by atoms with Crippen LogP contribution in [0.25, 0.3) is 0 Å². The van der Waals surface area contributed by atoms with Crippen molar-refractivity contribution in [3.63, 3.8) is 0 Å². The summed E-state index contributed by atoms with van der Waals surface area (Å²) in [6.45, 7) is 14.6. The molecule has 4 heteroatoms. The molecule has 1 aliphatic rings. The van der Waals surface area contributed by atoms with Crippen molar-refractivity contribution in [1.82, 2.24) is 0 Å². The Kier molecular flexibility index (Phi) is 5.47. The minimum atomic E-state index is -1.85. The average molecular weight is 432 g/mol. The highest BCUT2D eigenvalue weighted by molar-refractivity contribution is 14.1. The molecule has 1 heterocycles. The Morgan fingerprint density at radius 2 is 2.00 bits per heavy atom. The zero-order valence-electron chi connectivity index (χ0n) is 14.7. The van der Waals surface area contributed by atoms with Gasteiger partial charge in [-0.25, -0.2) is 0 Å². The molecule has 1 fully saturated rings. The Morgan fingerprint density at radius 1 is 1.32 bits per heavy atom. The van der Waals surface area contributed by atoms with E-state index in [0.29, 0.717) is 0 Å². The van der Waals surface area contributed by atoms with E-state index < -0.39 is 8.32 Å². The smallest absolute Gasteiger partial charge is 0.193 e. The van der Waals surface area contributed by atoms with Gasteiger partial charge in [0.05, 0.1) is 11.7 Å². The van der Waals surface area contributed by atoms with E-state index in [2.05, 4.69) is 87.6 Å². The molecule has 0 saturated carbocycles. The lowest BCUT2D eigenvalue weighted by Crippen LogP contribution is -2.51. The highest BCUT2D eigenvalue weighted by Crippen LogP contribution is 2.46. The average Bonchev–Trinajstić information content (AvgIpc) is 2.36. The summed E-state index contributed by atoms with van der Waals surface area (Å²) >= 11 is 2.39. The predicted molar refractivity (Wildman–Crippen MR) is 104 cm³/mol. The van der Waals surface area contributed by atoms with E-state index in [1.807, 2.05) is 0 Å². The molecule has 0 bridgehead atoms. The SMILES string of the molecule is C[C@H]1C[C@@](O[Si](C)(C)C(C)(C)C)(c2cccc(I)c2)CCO1. The van der Waals surface area contributed by atoms with Gasteiger partial charge >= 0.3 is 0 Å². The third-order valence-corrected chi connectivity index (χ3v) is 10.3. The van der Waals surface area contributed by atoms with E-state index in [9.17, 15) is 0 Å².